The molecule has 0 aliphatic rings. The lowest BCUT2D eigenvalue weighted by atomic mass is 10.1. The predicted octanol–water partition coefficient (Wildman–Crippen LogP) is 1.94. The summed E-state index contributed by atoms with van der Waals surface area (Å²) in [7, 11) is -2.14. The smallest absolute Gasteiger partial charge is 0.402 e. The molecular formula is C21H24BF3N2O5. The zero-order valence-corrected chi connectivity index (χ0v) is 17.5. The first-order valence-electron chi connectivity index (χ1n) is 9.77. The fourth-order valence-corrected chi connectivity index (χ4v) is 2.82. The molecule has 0 aliphatic heterocycles. The van der Waals surface area contributed by atoms with E-state index in [1.54, 1.807) is 12.1 Å². The Kier molecular flexibility index (Phi) is 8.82. The molecule has 0 saturated heterocycles. The van der Waals surface area contributed by atoms with Gasteiger partial charge in [-0.2, -0.15) is 13.2 Å². The number of rotatable bonds is 9. The second-order valence-electron chi connectivity index (χ2n) is 7.29. The van der Waals surface area contributed by atoms with Crippen LogP contribution in [0.5, 0.6) is 0 Å². The number of hydrogen-bond acceptors (Lipinski definition) is 5. The summed E-state index contributed by atoms with van der Waals surface area (Å²) in [5.41, 5.74) is 1.16. The summed E-state index contributed by atoms with van der Waals surface area (Å²) in [4.78, 5) is 24.8. The van der Waals surface area contributed by atoms with Crippen LogP contribution in [0.15, 0.2) is 48.5 Å². The van der Waals surface area contributed by atoms with Crippen LogP contribution < -0.4 is 10.6 Å². The standard InChI is InChI=1S/C21H24BF3N2O5/c1-13-6-8-15(9-7-13)11-18(32-22(30)31)27-20(29)14(2)19(28)26-12-16-4-3-5-17(10-16)21(23,24)25/h3-10,14,18,30-31H,11-12H2,1-2H3,(H,26,28)(H,27,29). The van der Waals surface area contributed by atoms with Gasteiger partial charge >= 0.3 is 13.5 Å². The van der Waals surface area contributed by atoms with Crippen LogP contribution in [0.4, 0.5) is 13.2 Å². The lowest BCUT2D eigenvalue weighted by Crippen LogP contribution is -2.47. The Bertz CT molecular complexity index is 922. The molecule has 2 rings (SSSR count). The minimum absolute atomic E-state index is 0.113. The number of amides is 2. The van der Waals surface area contributed by atoms with E-state index in [1.807, 2.05) is 19.1 Å². The summed E-state index contributed by atoms with van der Waals surface area (Å²) in [6.07, 6.45) is -5.51. The summed E-state index contributed by atoms with van der Waals surface area (Å²) < 4.78 is 43.3. The van der Waals surface area contributed by atoms with E-state index in [0.717, 1.165) is 23.3 Å². The van der Waals surface area contributed by atoms with Gasteiger partial charge in [0.05, 0.1) is 5.56 Å². The van der Waals surface area contributed by atoms with E-state index in [9.17, 15) is 22.8 Å². The molecule has 2 aromatic carbocycles. The number of carbonyl (C=O) groups excluding carboxylic acids is 2. The number of alkyl halides is 3. The van der Waals surface area contributed by atoms with Crippen molar-refractivity contribution in [2.45, 2.75) is 39.2 Å². The van der Waals surface area contributed by atoms with Gasteiger partial charge < -0.3 is 25.3 Å². The summed E-state index contributed by atoms with van der Waals surface area (Å²) in [5.74, 6) is -2.66. The Morgan fingerprint density at radius 1 is 1.06 bits per heavy atom. The number of hydrogen-bond donors (Lipinski definition) is 4. The zero-order chi connectivity index (χ0) is 23.9. The Labute approximate surface area is 183 Å². The molecule has 2 atom stereocenters. The van der Waals surface area contributed by atoms with Gasteiger partial charge in [0.2, 0.25) is 11.8 Å². The number of halogens is 3. The predicted molar refractivity (Wildman–Crippen MR) is 111 cm³/mol. The van der Waals surface area contributed by atoms with Crippen molar-refractivity contribution in [2.24, 2.45) is 5.92 Å². The van der Waals surface area contributed by atoms with Crippen LogP contribution in [-0.2, 0) is 33.4 Å². The Morgan fingerprint density at radius 3 is 2.31 bits per heavy atom. The van der Waals surface area contributed by atoms with E-state index in [0.29, 0.717) is 0 Å². The molecule has 0 aromatic heterocycles. The molecule has 0 bridgehead atoms. The van der Waals surface area contributed by atoms with Crippen LogP contribution in [0.1, 0.15) is 29.2 Å². The van der Waals surface area contributed by atoms with Crippen LogP contribution in [0.25, 0.3) is 0 Å². The molecule has 32 heavy (non-hydrogen) atoms. The van der Waals surface area contributed by atoms with E-state index in [4.69, 9.17) is 14.7 Å². The minimum Gasteiger partial charge on any atom is -0.402 e. The van der Waals surface area contributed by atoms with Crippen molar-refractivity contribution in [3.05, 3.63) is 70.8 Å². The van der Waals surface area contributed by atoms with Crippen molar-refractivity contribution in [3.8, 4) is 0 Å². The second-order valence-corrected chi connectivity index (χ2v) is 7.29. The quantitative estimate of drug-likeness (QED) is 0.264. The fraction of sp³-hybridized carbons (Fsp3) is 0.333. The normalized spacial score (nSPS) is 13.2. The molecule has 7 nitrogen and oxygen atoms in total. The second kappa shape index (κ2) is 11.1. The van der Waals surface area contributed by atoms with Gasteiger partial charge in [-0.3, -0.25) is 9.59 Å². The van der Waals surface area contributed by atoms with E-state index >= 15 is 0 Å². The van der Waals surface area contributed by atoms with Gasteiger partial charge in [0.1, 0.15) is 12.1 Å². The molecule has 172 valence electrons. The van der Waals surface area contributed by atoms with Gasteiger partial charge in [0, 0.05) is 13.0 Å². The Hall–Kier alpha value is -2.89. The Balaban J connectivity index is 1.96. The van der Waals surface area contributed by atoms with Crippen molar-refractivity contribution in [1.82, 2.24) is 10.6 Å². The molecule has 0 aliphatic carbocycles. The van der Waals surface area contributed by atoms with Crippen LogP contribution in [0, 0.1) is 12.8 Å². The number of nitrogens with one attached hydrogen (secondary N) is 2. The maximum atomic E-state index is 12.8. The van der Waals surface area contributed by atoms with Gasteiger partial charge in [-0.05, 0) is 37.1 Å². The summed E-state index contributed by atoms with van der Waals surface area (Å²) in [6.45, 7) is 3.02. The molecular weight excluding hydrogens is 428 g/mol. The highest BCUT2D eigenvalue weighted by Crippen LogP contribution is 2.29. The first kappa shape index (κ1) is 25.4. The average molecular weight is 452 g/mol. The molecule has 0 saturated carbocycles. The summed E-state index contributed by atoms with van der Waals surface area (Å²) >= 11 is 0. The Morgan fingerprint density at radius 2 is 1.72 bits per heavy atom. The van der Waals surface area contributed by atoms with E-state index < -0.39 is 43.0 Å². The topological polar surface area (TPSA) is 108 Å². The molecule has 2 unspecified atom stereocenters. The first-order valence-corrected chi connectivity index (χ1v) is 9.77. The first-order chi connectivity index (χ1) is 15.0. The lowest BCUT2D eigenvalue weighted by Gasteiger charge is -2.21. The highest BCUT2D eigenvalue weighted by molar-refractivity contribution is 6.32. The van der Waals surface area contributed by atoms with E-state index in [-0.39, 0.29) is 18.5 Å². The van der Waals surface area contributed by atoms with Crippen molar-refractivity contribution in [3.63, 3.8) is 0 Å². The van der Waals surface area contributed by atoms with Crippen molar-refractivity contribution in [1.29, 1.82) is 0 Å². The molecule has 2 aromatic rings. The highest BCUT2D eigenvalue weighted by atomic mass is 19.4. The minimum atomic E-state index is -4.50. The van der Waals surface area contributed by atoms with Gasteiger partial charge in [0.15, 0.2) is 0 Å². The average Bonchev–Trinajstić information content (AvgIpc) is 2.72. The molecule has 0 spiro atoms. The molecule has 11 heteroatoms. The van der Waals surface area contributed by atoms with Gasteiger partial charge in [-0.1, -0.05) is 42.0 Å². The van der Waals surface area contributed by atoms with Gasteiger partial charge in [-0.25, -0.2) is 0 Å². The largest absolute Gasteiger partial charge is 0.635 e. The van der Waals surface area contributed by atoms with Crippen LogP contribution in [0.2, 0.25) is 0 Å². The van der Waals surface area contributed by atoms with Crippen LogP contribution in [-0.4, -0.2) is 35.4 Å². The van der Waals surface area contributed by atoms with Crippen molar-refractivity contribution >= 4 is 19.1 Å². The van der Waals surface area contributed by atoms with Crippen LogP contribution >= 0.6 is 0 Å². The maximum absolute atomic E-state index is 12.8. The van der Waals surface area contributed by atoms with Gasteiger partial charge in [0.25, 0.3) is 0 Å². The van der Waals surface area contributed by atoms with Crippen molar-refractivity contribution < 1.29 is 37.5 Å². The summed E-state index contributed by atoms with van der Waals surface area (Å²) in [6, 6.07) is 11.7. The molecule has 0 fully saturated rings. The van der Waals surface area contributed by atoms with Gasteiger partial charge in [-0.15, -0.1) is 0 Å². The molecule has 0 heterocycles. The third kappa shape index (κ3) is 7.99. The lowest BCUT2D eigenvalue weighted by molar-refractivity contribution is -0.138. The van der Waals surface area contributed by atoms with Crippen molar-refractivity contribution in [2.75, 3.05) is 0 Å². The molecule has 0 radical (unpaired) electrons. The third-order valence-electron chi connectivity index (χ3n) is 4.64. The molecule has 4 N–H and O–H groups in total. The fourth-order valence-electron chi connectivity index (χ4n) is 2.82. The SMILES string of the molecule is Cc1ccc(CC(NC(=O)C(C)C(=O)NCc2cccc(C(F)(F)F)c2)OB(O)O)cc1. The number of carbonyl (C=O) groups is 2. The zero-order valence-electron chi connectivity index (χ0n) is 17.5. The highest BCUT2D eigenvalue weighted by Gasteiger charge is 2.30. The monoisotopic (exact) mass is 452 g/mol. The van der Waals surface area contributed by atoms with E-state index in [2.05, 4.69) is 10.6 Å². The number of benzene rings is 2. The van der Waals surface area contributed by atoms with E-state index in [1.165, 1.54) is 19.1 Å². The van der Waals surface area contributed by atoms with Crippen LogP contribution in [0.3, 0.4) is 0 Å². The molecule has 2 amide bonds. The number of aryl methyl sites for hydroxylation is 1. The summed E-state index contributed by atoms with van der Waals surface area (Å²) in [5, 5.41) is 23.1. The third-order valence-corrected chi connectivity index (χ3v) is 4.64. The maximum Gasteiger partial charge on any atom is 0.635 e.